The molecule has 0 bridgehead atoms. The van der Waals surface area contributed by atoms with E-state index in [1.54, 1.807) is 19.3 Å². The minimum atomic E-state index is -3.43. The first-order valence-electron chi connectivity index (χ1n) is 5.44. The van der Waals surface area contributed by atoms with Gasteiger partial charge in [-0.05, 0) is 27.9 Å². The molecule has 1 rings (SSSR count). The van der Waals surface area contributed by atoms with Gasteiger partial charge in [-0.3, -0.25) is 4.98 Å². The zero-order chi connectivity index (χ0) is 13.1. The highest BCUT2D eigenvalue weighted by Gasteiger charge is 2.22. The number of halogens is 1. The molecule has 0 saturated carbocycles. The van der Waals surface area contributed by atoms with Crippen LogP contribution in [0.1, 0.15) is 20.3 Å². The van der Waals surface area contributed by atoms with E-state index in [2.05, 4.69) is 20.9 Å². The van der Waals surface area contributed by atoms with Crippen LogP contribution in [-0.4, -0.2) is 31.3 Å². The van der Waals surface area contributed by atoms with Crippen molar-refractivity contribution in [1.82, 2.24) is 9.29 Å². The molecule has 96 valence electrons. The monoisotopic (exact) mass is 320 g/mol. The predicted octanol–water partition coefficient (Wildman–Crippen LogP) is 2.51. The number of hydrogen-bond donors (Lipinski definition) is 0. The fraction of sp³-hybridized carbons (Fsp3) is 0.545. The predicted molar refractivity (Wildman–Crippen MR) is 71.2 cm³/mol. The average molecular weight is 321 g/mol. The van der Waals surface area contributed by atoms with E-state index >= 15 is 0 Å². The summed E-state index contributed by atoms with van der Waals surface area (Å²) in [7, 11) is -1.83. The topological polar surface area (TPSA) is 50.3 Å². The molecule has 0 spiro atoms. The Balaban J connectivity index is 2.95. The Morgan fingerprint density at radius 1 is 1.47 bits per heavy atom. The first kappa shape index (κ1) is 14.6. The molecular weight excluding hydrogens is 304 g/mol. The Bertz CT molecular complexity index is 476. The summed E-state index contributed by atoms with van der Waals surface area (Å²) < 4.78 is 26.4. The van der Waals surface area contributed by atoms with Crippen molar-refractivity contribution in [1.29, 1.82) is 0 Å². The summed E-state index contributed by atoms with van der Waals surface area (Å²) in [5.74, 6) is 0.342. The maximum absolute atomic E-state index is 12.2. The van der Waals surface area contributed by atoms with E-state index in [4.69, 9.17) is 0 Å². The van der Waals surface area contributed by atoms with Gasteiger partial charge in [0, 0.05) is 30.5 Å². The molecule has 1 atom stereocenters. The largest absolute Gasteiger partial charge is 0.262 e. The lowest BCUT2D eigenvalue weighted by molar-refractivity contribution is 0.393. The number of aromatic nitrogens is 1. The maximum atomic E-state index is 12.2. The summed E-state index contributed by atoms with van der Waals surface area (Å²) in [6, 6.07) is 1.56. The van der Waals surface area contributed by atoms with Gasteiger partial charge in [-0.2, -0.15) is 0 Å². The molecule has 0 aliphatic rings. The highest BCUT2D eigenvalue weighted by molar-refractivity contribution is 9.10. The molecule has 0 saturated heterocycles. The van der Waals surface area contributed by atoms with Gasteiger partial charge >= 0.3 is 0 Å². The molecule has 1 heterocycles. The SMILES string of the molecule is CCC(C)CN(C)S(=O)(=O)c1cncc(Br)c1. The molecule has 0 amide bonds. The van der Waals surface area contributed by atoms with Crippen molar-refractivity contribution < 1.29 is 8.42 Å². The van der Waals surface area contributed by atoms with Crippen LogP contribution < -0.4 is 0 Å². The van der Waals surface area contributed by atoms with Crippen LogP contribution in [0.5, 0.6) is 0 Å². The van der Waals surface area contributed by atoms with E-state index in [1.165, 1.54) is 10.5 Å². The Kier molecular flexibility index (Phi) is 5.09. The van der Waals surface area contributed by atoms with Gasteiger partial charge in [0.15, 0.2) is 0 Å². The molecular formula is C11H17BrN2O2S. The molecule has 0 fully saturated rings. The van der Waals surface area contributed by atoms with Crippen LogP contribution in [0.4, 0.5) is 0 Å². The molecule has 0 aliphatic carbocycles. The van der Waals surface area contributed by atoms with Gasteiger partial charge in [-0.25, -0.2) is 12.7 Å². The third-order valence-corrected chi connectivity index (χ3v) is 4.88. The van der Waals surface area contributed by atoms with E-state index < -0.39 is 10.0 Å². The van der Waals surface area contributed by atoms with Crippen LogP contribution in [0, 0.1) is 5.92 Å². The Morgan fingerprint density at radius 2 is 2.12 bits per heavy atom. The summed E-state index contributed by atoms with van der Waals surface area (Å²) in [6.45, 7) is 4.60. The molecule has 1 aromatic rings. The number of rotatable bonds is 5. The van der Waals surface area contributed by atoms with E-state index in [1.807, 2.05) is 13.8 Å². The van der Waals surface area contributed by atoms with Crippen LogP contribution in [0.25, 0.3) is 0 Å². The Labute approximate surface area is 111 Å². The van der Waals surface area contributed by atoms with E-state index in [9.17, 15) is 8.42 Å². The van der Waals surface area contributed by atoms with E-state index in [0.29, 0.717) is 16.9 Å². The van der Waals surface area contributed by atoms with Crippen molar-refractivity contribution in [3.05, 3.63) is 22.9 Å². The van der Waals surface area contributed by atoms with Crippen molar-refractivity contribution in [2.45, 2.75) is 25.2 Å². The van der Waals surface area contributed by atoms with Crippen molar-refractivity contribution >= 4 is 26.0 Å². The average Bonchev–Trinajstić information content (AvgIpc) is 2.28. The standard InChI is InChI=1S/C11H17BrN2O2S/c1-4-9(2)8-14(3)17(15,16)11-5-10(12)6-13-7-11/h5-7,9H,4,8H2,1-3H3. The number of pyridine rings is 1. The van der Waals surface area contributed by atoms with Gasteiger partial charge in [0.05, 0.1) is 0 Å². The molecule has 17 heavy (non-hydrogen) atoms. The fourth-order valence-electron chi connectivity index (χ4n) is 1.38. The second kappa shape index (κ2) is 5.93. The van der Waals surface area contributed by atoms with Crippen molar-refractivity contribution in [2.24, 2.45) is 5.92 Å². The molecule has 1 unspecified atom stereocenters. The summed E-state index contributed by atoms with van der Waals surface area (Å²) in [5.41, 5.74) is 0. The zero-order valence-electron chi connectivity index (χ0n) is 10.2. The molecule has 6 heteroatoms. The lowest BCUT2D eigenvalue weighted by atomic mass is 10.1. The van der Waals surface area contributed by atoms with Crippen LogP contribution >= 0.6 is 15.9 Å². The maximum Gasteiger partial charge on any atom is 0.244 e. The van der Waals surface area contributed by atoms with Crippen molar-refractivity contribution in [3.8, 4) is 0 Å². The Morgan fingerprint density at radius 3 is 2.65 bits per heavy atom. The van der Waals surface area contributed by atoms with Gasteiger partial charge < -0.3 is 0 Å². The smallest absolute Gasteiger partial charge is 0.244 e. The quantitative estimate of drug-likeness (QED) is 0.837. The minimum Gasteiger partial charge on any atom is -0.262 e. The second-order valence-corrected chi connectivity index (χ2v) is 7.10. The van der Waals surface area contributed by atoms with Gasteiger partial charge in [0.25, 0.3) is 0 Å². The third kappa shape index (κ3) is 3.76. The second-order valence-electron chi connectivity index (χ2n) is 4.14. The highest BCUT2D eigenvalue weighted by atomic mass is 79.9. The molecule has 0 aliphatic heterocycles. The summed E-state index contributed by atoms with van der Waals surface area (Å²) in [5, 5.41) is 0. The first-order valence-corrected chi connectivity index (χ1v) is 7.68. The van der Waals surface area contributed by atoms with Gasteiger partial charge in [-0.15, -0.1) is 0 Å². The highest BCUT2D eigenvalue weighted by Crippen LogP contribution is 2.18. The number of nitrogens with zero attached hydrogens (tertiary/aromatic N) is 2. The molecule has 1 aromatic heterocycles. The normalized spacial score (nSPS) is 13.9. The van der Waals surface area contributed by atoms with Crippen molar-refractivity contribution in [2.75, 3.05) is 13.6 Å². The van der Waals surface area contributed by atoms with Gasteiger partial charge in [0.1, 0.15) is 4.90 Å². The van der Waals surface area contributed by atoms with Crippen LogP contribution in [0.15, 0.2) is 27.8 Å². The van der Waals surface area contributed by atoms with Crippen LogP contribution in [-0.2, 0) is 10.0 Å². The molecule has 0 radical (unpaired) electrons. The van der Waals surface area contributed by atoms with Crippen LogP contribution in [0.3, 0.4) is 0 Å². The minimum absolute atomic E-state index is 0.220. The van der Waals surface area contributed by atoms with E-state index in [-0.39, 0.29) is 4.90 Å². The van der Waals surface area contributed by atoms with Crippen LogP contribution in [0.2, 0.25) is 0 Å². The Hall–Kier alpha value is -0.460. The van der Waals surface area contributed by atoms with Crippen molar-refractivity contribution in [3.63, 3.8) is 0 Å². The number of sulfonamides is 1. The summed E-state index contributed by atoms with van der Waals surface area (Å²) >= 11 is 3.22. The third-order valence-electron chi connectivity index (χ3n) is 2.65. The summed E-state index contributed by atoms with van der Waals surface area (Å²) in [4.78, 5) is 4.10. The lowest BCUT2D eigenvalue weighted by Gasteiger charge is -2.20. The molecule has 0 N–H and O–H groups in total. The fourth-order valence-corrected chi connectivity index (χ4v) is 3.18. The number of hydrogen-bond acceptors (Lipinski definition) is 3. The van der Waals surface area contributed by atoms with Gasteiger partial charge in [-0.1, -0.05) is 20.3 Å². The first-order chi connectivity index (χ1) is 7.87. The van der Waals surface area contributed by atoms with E-state index in [0.717, 1.165) is 6.42 Å². The zero-order valence-corrected chi connectivity index (χ0v) is 12.6. The lowest BCUT2D eigenvalue weighted by Crippen LogP contribution is -2.31. The molecule has 0 aromatic carbocycles. The summed E-state index contributed by atoms with van der Waals surface area (Å²) in [6.07, 6.45) is 3.89. The molecule has 4 nitrogen and oxygen atoms in total. The van der Waals surface area contributed by atoms with Gasteiger partial charge in [0.2, 0.25) is 10.0 Å².